The van der Waals surface area contributed by atoms with Gasteiger partial charge >= 0.3 is 24.3 Å². The number of hydrogen-bond donors (Lipinski definition) is 2. The molecule has 0 saturated carbocycles. The minimum absolute atomic E-state index is 0.504. The van der Waals surface area contributed by atoms with Gasteiger partial charge in [-0.25, -0.2) is 9.59 Å². The summed E-state index contributed by atoms with van der Waals surface area (Å²) in [6.07, 6.45) is -6.24. The molecule has 14 heteroatoms. The average molecular weight is 575 g/mol. The van der Waals surface area contributed by atoms with E-state index in [-0.39, 0.29) is 0 Å². The van der Waals surface area contributed by atoms with E-state index in [1.165, 1.54) is 44.5 Å². The van der Waals surface area contributed by atoms with Gasteiger partial charge in [-0.1, -0.05) is 12.1 Å². The van der Waals surface area contributed by atoms with Crippen molar-refractivity contribution >= 4 is 11.9 Å². The molecule has 2 aliphatic heterocycles. The first kappa shape index (κ1) is 34.4. The summed E-state index contributed by atoms with van der Waals surface area (Å²) in [4.78, 5) is 23.1. The first-order valence-electron chi connectivity index (χ1n) is 12.1. The Kier molecular flexibility index (Phi) is 13.0. The smallest absolute Gasteiger partial charge is 0.490 e. The molecule has 39 heavy (non-hydrogen) atoms. The highest BCUT2D eigenvalue weighted by Crippen LogP contribution is 2.44. The largest absolute Gasteiger partial charge is 0.497 e. The maximum absolute atomic E-state index is 10.6. The van der Waals surface area contributed by atoms with E-state index in [2.05, 4.69) is 47.9 Å². The lowest BCUT2D eigenvalue weighted by Gasteiger charge is -2.39. The lowest BCUT2D eigenvalue weighted by atomic mass is 9.76. The number of halogens is 6. The van der Waals surface area contributed by atoms with Gasteiger partial charge in [0, 0.05) is 32.3 Å². The number of methoxy groups -OCH3 is 2. The number of alkyl halides is 6. The van der Waals surface area contributed by atoms with Crippen LogP contribution in [0.15, 0.2) is 24.3 Å². The van der Waals surface area contributed by atoms with Crippen molar-refractivity contribution in [3.63, 3.8) is 0 Å². The molecule has 0 aliphatic carbocycles. The second-order valence-corrected chi connectivity index (χ2v) is 9.81. The van der Waals surface area contributed by atoms with Gasteiger partial charge in [-0.05, 0) is 69.3 Å². The summed E-state index contributed by atoms with van der Waals surface area (Å²) < 4.78 is 74.2. The van der Waals surface area contributed by atoms with Gasteiger partial charge in [-0.15, -0.1) is 0 Å². The molecule has 1 aromatic rings. The van der Waals surface area contributed by atoms with Crippen LogP contribution < -0.4 is 4.74 Å². The molecular weight excluding hydrogens is 538 g/mol. The molecule has 1 unspecified atom stereocenters. The van der Waals surface area contributed by atoms with Crippen molar-refractivity contribution in [2.24, 2.45) is 5.41 Å². The molecule has 0 aromatic heterocycles. The Bertz CT molecular complexity index is 876. The predicted molar refractivity (Wildman–Crippen MR) is 129 cm³/mol. The van der Waals surface area contributed by atoms with E-state index < -0.39 is 24.3 Å². The molecule has 1 atom stereocenters. The molecule has 0 radical (unpaired) electrons. The zero-order chi connectivity index (χ0) is 30.0. The Morgan fingerprint density at radius 1 is 0.974 bits per heavy atom. The molecule has 2 heterocycles. The summed E-state index contributed by atoms with van der Waals surface area (Å²) in [5, 5.41) is 14.2. The van der Waals surface area contributed by atoms with Crippen molar-refractivity contribution in [3.05, 3.63) is 29.8 Å². The van der Waals surface area contributed by atoms with Crippen LogP contribution in [0.5, 0.6) is 5.75 Å². The predicted octanol–water partition coefficient (Wildman–Crippen LogP) is 4.67. The zero-order valence-electron chi connectivity index (χ0n) is 22.3. The molecule has 2 N–H and O–H groups in total. The maximum atomic E-state index is 10.6. The van der Waals surface area contributed by atoms with Crippen molar-refractivity contribution in [1.82, 2.24) is 9.80 Å². The molecule has 3 rings (SSSR count). The molecule has 0 amide bonds. The monoisotopic (exact) mass is 574 g/mol. The number of benzene rings is 1. The lowest BCUT2D eigenvalue weighted by molar-refractivity contribution is -0.193. The summed E-state index contributed by atoms with van der Waals surface area (Å²) in [6.45, 7) is 10.2. The van der Waals surface area contributed by atoms with E-state index in [0.717, 1.165) is 18.9 Å². The van der Waals surface area contributed by atoms with E-state index in [1.54, 1.807) is 7.11 Å². The molecule has 8 nitrogen and oxygen atoms in total. The third-order valence-electron chi connectivity index (χ3n) is 6.64. The van der Waals surface area contributed by atoms with Gasteiger partial charge in [-0.2, -0.15) is 26.3 Å². The lowest BCUT2D eigenvalue weighted by Crippen LogP contribution is -2.42. The molecule has 0 bridgehead atoms. The normalized spacial score (nSPS) is 19.6. The number of rotatable bonds is 6. The Morgan fingerprint density at radius 2 is 1.44 bits per heavy atom. The van der Waals surface area contributed by atoms with Gasteiger partial charge in [0.05, 0.1) is 13.7 Å². The Balaban J connectivity index is 0.000000449. The topological polar surface area (TPSA) is 99.5 Å². The summed E-state index contributed by atoms with van der Waals surface area (Å²) in [7, 11) is 3.55. The van der Waals surface area contributed by atoms with Crippen LogP contribution in [-0.2, 0) is 20.9 Å². The Labute approximate surface area is 223 Å². The highest BCUT2D eigenvalue weighted by molar-refractivity contribution is 5.73. The molecule has 1 spiro atoms. The van der Waals surface area contributed by atoms with E-state index in [4.69, 9.17) is 29.3 Å². The molecule has 1 aromatic carbocycles. The number of ether oxygens (including phenoxy) is 2. The molecule has 2 saturated heterocycles. The van der Waals surface area contributed by atoms with Gasteiger partial charge < -0.3 is 19.7 Å². The van der Waals surface area contributed by atoms with Crippen LogP contribution in [0, 0.1) is 5.41 Å². The number of carboxylic acids is 2. The third-order valence-corrected chi connectivity index (χ3v) is 6.64. The summed E-state index contributed by atoms with van der Waals surface area (Å²) in [5.74, 6) is -4.58. The zero-order valence-corrected chi connectivity index (χ0v) is 22.3. The fourth-order valence-electron chi connectivity index (χ4n) is 4.69. The number of hydrogen-bond acceptors (Lipinski definition) is 6. The van der Waals surface area contributed by atoms with E-state index in [1.807, 2.05) is 7.11 Å². The first-order valence-corrected chi connectivity index (χ1v) is 12.1. The number of carbonyl (C=O) groups is 2. The fourth-order valence-corrected chi connectivity index (χ4v) is 4.69. The SMILES string of the molecule is COCC1CC2(CCN(Cc3ccc(OC)cc3)CC2)CN1C(C)C.O=C(O)C(F)(F)F.O=C(O)C(F)(F)F. The average Bonchev–Trinajstić information content (AvgIpc) is 3.19. The standard InChI is InChI=1S/C21H34N2O2.2C2HF3O2/c1-17(2)23-16-21(13-19(23)15-24-3)9-11-22(12-10-21)14-18-5-7-20(25-4)8-6-18;2*3-2(4,5)1(6)7/h5-8,17,19H,9-16H2,1-4H3;2*(H,6,7). The number of aliphatic carboxylic acids is 2. The quantitative estimate of drug-likeness (QED) is 0.473. The number of likely N-dealkylation sites (tertiary alicyclic amines) is 2. The summed E-state index contributed by atoms with van der Waals surface area (Å²) >= 11 is 0. The van der Waals surface area contributed by atoms with Crippen LogP contribution in [0.4, 0.5) is 26.3 Å². The third kappa shape index (κ3) is 11.6. The van der Waals surface area contributed by atoms with E-state index in [9.17, 15) is 26.3 Å². The Morgan fingerprint density at radius 3 is 1.79 bits per heavy atom. The van der Waals surface area contributed by atoms with Crippen molar-refractivity contribution < 1.29 is 55.6 Å². The van der Waals surface area contributed by atoms with Crippen LogP contribution >= 0.6 is 0 Å². The van der Waals surface area contributed by atoms with Crippen LogP contribution in [0.2, 0.25) is 0 Å². The molecular formula is C25H36F6N2O6. The van der Waals surface area contributed by atoms with Gasteiger partial charge in [-0.3, -0.25) is 9.80 Å². The maximum Gasteiger partial charge on any atom is 0.490 e. The van der Waals surface area contributed by atoms with E-state index >= 15 is 0 Å². The molecule has 2 aliphatic rings. The van der Waals surface area contributed by atoms with Gasteiger partial charge in [0.1, 0.15) is 5.75 Å². The number of nitrogens with zero attached hydrogens (tertiary/aromatic N) is 2. The highest BCUT2D eigenvalue weighted by atomic mass is 19.4. The second kappa shape index (κ2) is 14.7. The first-order chi connectivity index (χ1) is 17.9. The minimum atomic E-state index is -5.08. The van der Waals surface area contributed by atoms with Crippen molar-refractivity contribution in [2.75, 3.05) is 40.5 Å². The van der Waals surface area contributed by atoms with Crippen molar-refractivity contribution in [1.29, 1.82) is 0 Å². The van der Waals surface area contributed by atoms with Crippen molar-refractivity contribution in [3.8, 4) is 5.75 Å². The van der Waals surface area contributed by atoms with Crippen LogP contribution in [0.1, 0.15) is 38.7 Å². The molecule has 224 valence electrons. The van der Waals surface area contributed by atoms with Crippen LogP contribution in [0.3, 0.4) is 0 Å². The number of carboxylic acid groups (broad SMARTS) is 2. The van der Waals surface area contributed by atoms with Crippen LogP contribution in [-0.4, -0.2) is 96.8 Å². The second-order valence-electron chi connectivity index (χ2n) is 9.81. The minimum Gasteiger partial charge on any atom is -0.497 e. The highest BCUT2D eigenvalue weighted by Gasteiger charge is 2.46. The van der Waals surface area contributed by atoms with Gasteiger partial charge in [0.15, 0.2) is 0 Å². The van der Waals surface area contributed by atoms with E-state index in [0.29, 0.717) is 17.5 Å². The van der Waals surface area contributed by atoms with Gasteiger partial charge in [0.25, 0.3) is 0 Å². The summed E-state index contributed by atoms with van der Waals surface area (Å²) in [5.41, 5.74) is 1.88. The number of piperidine rings is 1. The Hall–Kier alpha value is -2.58. The van der Waals surface area contributed by atoms with Crippen molar-refractivity contribution in [2.45, 2.75) is 64.1 Å². The molecule has 2 fully saturated rings. The van der Waals surface area contributed by atoms with Gasteiger partial charge in [0.2, 0.25) is 0 Å². The fraction of sp³-hybridized carbons (Fsp3) is 0.680. The van der Waals surface area contributed by atoms with Crippen LogP contribution in [0.25, 0.3) is 0 Å². The summed E-state index contributed by atoms with van der Waals surface area (Å²) in [6, 6.07) is 9.71.